The third kappa shape index (κ3) is 3.82. The van der Waals surface area contributed by atoms with E-state index in [1.165, 1.54) is 0 Å². The molecule has 1 rings (SSSR count). The van der Waals surface area contributed by atoms with Crippen LogP contribution in [0.4, 0.5) is 5.69 Å². The molecule has 0 saturated heterocycles. The van der Waals surface area contributed by atoms with Crippen molar-refractivity contribution in [3.8, 4) is 0 Å². The molecule has 0 spiro atoms. The van der Waals surface area contributed by atoms with Gasteiger partial charge in [-0.25, -0.2) is 0 Å². The molecule has 0 bridgehead atoms. The van der Waals surface area contributed by atoms with Gasteiger partial charge in [-0.15, -0.1) is 0 Å². The largest absolute Gasteiger partial charge is 0.393 e. The van der Waals surface area contributed by atoms with Gasteiger partial charge in [0, 0.05) is 18.0 Å². The summed E-state index contributed by atoms with van der Waals surface area (Å²) in [5, 5.41) is 2.93. The van der Waals surface area contributed by atoms with Crippen LogP contribution in [0.2, 0.25) is 0 Å². The highest BCUT2D eigenvalue weighted by Crippen LogP contribution is 2.20. The van der Waals surface area contributed by atoms with E-state index in [1.807, 2.05) is 39.0 Å². The molecule has 17 heavy (non-hydrogen) atoms. The minimum Gasteiger partial charge on any atom is -0.393 e. The highest BCUT2D eigenvalue weighted by molar-refractivity contribution is 7.80. The van der Waals surface area contributed by atoms with E-state index in [9.17, 15) is 4.79 Å². The van der Waals surface area contributed by atoms with Gasteiger partial charge in [-0.2, -0.15) is 0 Å². The summed E-state index contributed by atoms with van der Waals surface area (Å²) in [6, 6.07) is 5.92. The van der Waals surface area contributed by atoms with Crippen LogP contribution in [0.3, 0.4) is 0 Å². The molecule has 0 fully saturated rings. The van der Waals surface area contributed by atoms with E-state index in [2.05, 4.69) is 5.32 Å². The Hall–Kier alpha value is -1.42. The van der Waals surface area contributed by atoms with Gasteiger partial charge in [0.1, 0.15) is 0 Å². The first-order chi connectivity index (χ1) is 7.91. The molecule has 0 aliphatic rings. The molecule has 1 unspecified atom stereocenters. The monoisotopic (exact) mass is 250 g/mol. The molecular formula is C13H18N2OS. The normalized spacial score (nSPS) is 11.9. The first-order valence-electron chi connectivity index (χ1n) is 5.57. The van der Waals surface area contributed by atoms with Gasteiger partial charge in [0.2, 0.25) is 5.91 Å². The van der Waals surface area contributed by atoms with Crippen molar-refractivity contribution < 1.29 is 4.79 Å². The van der Waals surface area contributed by atoms with Crippen LogP contribution in [-0.4, -0.2) is 10.9 Å². The average molecular weight is 250 g/mol. The summed E-state index contributed by atoms with van der Waals surface area (Å²) in [6.45, 7) is 5.77. The topological polar surface area (TPSA) is 55.1 Å². The summed E-state index contributed by atoms with van der Waals surface area (Å²) < 4.78 is 0. The summed E-state index contributed by atoms with van der Waals surface area (Å²) >= 11 is 4.80. The Kier molecular flexibility index (Phi) is 4.63. The van der Waals surface area contributed by atoms with E-state index >= 15 is 0 Å². The molecule has 0 aliphatic heterocycles. The number of carbonyl (C=O) groups excluding carboxylic acids is 1. The van der Waals surface area contributed by atoms with Gasteiger partial charge in [-0.05, 0) is 25.0 Å². The van der Waals surface area contributed by atoms with Crippen LogP contribution in [0.15, 0.2) is 18.2 Å². The third-order valence-electron chi connectivity index (χ3n) is 2.68. The first kappa shape index (κ1) is 13.6. The molecule has 4 heteroatoms. The van der Waals surface area contributed by atoms with Gasteiger partial charge >= 0.3 is 0 Å². The van der Waals surface area contributed by atoms with Crippen LogP contribution in [0.25, 0.3) is 0 Å². The fraction of sp³-hybridized carbons (Fsp3) is 0.385. The van der Waals surface area contributed by atoms with Crippen molar-refractivity contribution in [3.63, 3.8) is 0 Å². The quantitative estimate of drug-likeness (QED) is 0.807. The molecule has 0 heterocycles. The second kappa shape index (κ2) is 5.77. The fourth-order valence-corrected chi connectivity index (χ4v) is 1.90. The summed E-state index contributed by atoms with van der Waals surface area (Å²) in [4.78, 5) is 12.3. The highest BCUT2D eigenvalue weighted by atomic mass is 32.1. The molecule has 92 valence electrons. The van der Waals surface area contributed by atoms with Gasteiger partial charge in [0.25, 0.3) is 0 Å². The number of aryl methyl sites for hydroxylation is 2. The molecule has 3 N–H and O–H groups in total. The molecule has 1 aromatic rings. The zero-order chi connectivity index (χ0) is 13.0. The van der Waals surface area contributed by atoms with Gasteiger partial charge in [-0.1, -0.05) is 37.3 Å². The number of nitrogens with two attached hydrogens (primary N) is 1. The first-order valence-corrected chi connectivity index (χ1v) is 5.98. The van der Waals surface area contributed by atoms with Gasteiger partial charge in [0.15, 0.2) is 0 Å². The van der Waals surface area contributed by atoms with Crippen LogP contribution in [0.5, 0.6) is 0 Å². The fourth-order valence-electron chi connectivity index (χ4n) is 1.65. The number of para-hydroxylation sites is 1. The predicted octanol–water partition coefficient (Wildman–Crippen LogP) is 2.55. The lowest BCUT2D eigenvalue weighted by atomic mass is 10.1. The Labute approximate surface area is 107 Å². The summed E-state index contributed by atoms with van der Waals surface area (Å²) in [6.07, 6.45) is 0.437. The number of hydrogen-bond acceptors (Lipinski definition) is 2. The molecule has 0 aliphatic carbocycles. The Balaban J connectivity index is 2.78. The molecular weight excluding hydrogens is 232 g/mol. The SMILES string of the molecule is Cc1cccc(C)c1NC(=O)C(C)CC(N)=S. The Morgan fingerprint density at radius 3 is 2.41 bits per heavy atom. The van der Waals surface area contributed by atoms with Gasteiger partial charge in [-0.3, -0.25) is 4.79 Å². The zero-order valence-electron chi connectivity index (χ0n) is 10.4. The average Bonchev–Trinajstić information content (AvgIpc) is 2.22. The number of rotatable bonds is 4. The highest BCUT2D eigenvalue weighted by Gasteiger charge is 2.15. The molecule has 1 amide bonds. The van der Waals surface area contributed by atoms with Crippen LogP contribution in [0, 0.1) is 19.8 Å². The van der Waals surface area contributed by atoms with E-state index in [0.717, 1.165) is 16.8 Å². The van der Waals surface area contributed by atoms with E-state index < -0.39 is 0 Å². The lowest BCUT2D eigenvalue weighted by Gasteiger charge is -2.15. The van der Waals surface area contributed by atoms with Crippen molar-refractivity contribution in [2.45, 2.75) is 27.2 Å². The maximum absolute atomic E-state index is 11.9. The summed E-state index contributed by atoms with van der Waals surface area (Å²) in [5.74, 6) is -0.248. The Morgan fingerprint density at radius 2 is 1.94 bits per heavy atom. The van der Waals surface area contributed by atoms with E-state index in [4.69, 9.17) is 18.0 Å². The van der Waals surface area contributed by atoms with Crippen molar-refractivity contribution in [2.24, 2.45) is 11.7 Å². The summed E-state index contributed by atoms with van der Waals surface area (Å²) in [7, 11) is 0. The number of thiocarbonyl (C=S) groups is 1. The number of carbonyl (C=O) groups is 1. The van der Waals surface area contributed by atoms with Crippen LogP contribution in [0.1, 0.15) is 24.5 Å². The maximum Gasteiger partial charge on any atom is 0.227 e. The molecule has 1 aromatic carbocycles. The van der Waals surface area contributed by atoms with Crippen molar-refractivity contribution in [2.75, 3.05) is 5.32 Å². The molecule has 0 radical (unpaired) electrons. The second-order valence-corrected chi connectivity index (χ2v) is 4.85. The second-order valence-electron chi connectivity index (χ2n) is 4.33. The summed E-state index contributed by atoms with van der Waals surface area (Å²) in [5.41, 5.74) is 8.43. The van der Waals surface area contributed by atoms with Crippen LogP contribution in [-0.2, 0) is 4.79 Å². The Morgan fingerprint density at radius 1 is 1.41 bits per heavy atom. The lowest BCUT2D eigenvalue weighted by Crippen LogP contribution is -2.25. The molecule has 1 atom stereocenters. The molecule has 0 aromatic heterocycles. The van der Waals surface area contributed by atoms with Gasteiger partial charge < -0.3 is 11.1 Å². The predicted molar refractivity (Wildman–Crippen MR) is 75.1 cm³/mol. The van der Waals surface area contributed by atoms with Crippen molar-refractivity contribution >= 4 is 28.8 Å². The number of amides is 1. The molecule has 3 nitrogen and oxygen atoms in total. The minimum atomic E-state index is -0.202. The third-order valence-corrected chi connectivity index (χ3v) is 2.85. The molecule has 0 saturated carbocycles. The number of anilines is 1. The number of hydrogen-bond donors (Lipinski definition) is 2. The van der Waals surface area contributed by atoms with Crippen molar-refractivity contribution in [1.29, 1.82) is 0 Å². The van der Waals surface area contributed by atoms with Crippen LogP contribution < -0.4 is 11.1 Å². The van der Waals surface area contributed by atoms with E-state index in [-0.39, 0.29) is 11.8 Å². The Bertz CT molecular complexity index is 423. The number of benzene rings is 1. The number of nitrogens with one attached hydrogen (secondary N) is 1. The van der Waals surface area contributed by atoms with Crippen LogP contribution >= 0.6 is 12.2 Å². The van der Waals surface area contributed by atoms with Crippen molar-refractivity contribution in [3.05, 3.63) is 29.3 Å². The van der Waals surface area contributed by atoms with E-state index in [1.54, 1.807) is 0 Å². The zero-order valence-corrected chi connectivity index (χ0v) is 11.2. The minimum absolute atomic E-state index is 0.0461. The standard InChI is InChI=1S/C13H18N2OS/c1-8-5-4-6-9(2)12(8)15-13(16)10(3)7-11(14)17/h4-6,10H,7H2,1-3H3,(H2,14,17)(H,15,16). The smallest absolute Gasteiger partial charge is 0.227 e. The van der Waals surface area contributed by atoms with Gasteiger partial charge in [0.05, 0.1) is 4.99 Å². The van der Waals surface area contributed by atoms with Crippen molar-refractivity contribution in [1.82, 2.24) is 0 Å². The van der Waals surface area contributed by atoms with E-state index in [0.29, 0.717) is 11.4 Å². The lowest BCUT2D eigenvalue weighted by molar-refractivity contribution is -0.119. The maximum atomic E-state index is 11.9.